The Kier molecular flexibility index (Phi) is 5.79. The molecular weight excluding hydrogens is 314 g/mol. The number of carbonyl (C=O) groups excluding carboxylic acids is 1. The van der Waals surface area contributed by atoms with Crippen molar-refractivity contribution in [2.75, 3.05) is 13.1 Å². The number of benzene rings is 1. The van der Waals surface area contributed by atoms with Gasteiger partial charge in [0.05, 0.1) is 12.2 Å². The van der Waals surface area contributed by atoms with Crippen LogP contribution < -0.4 is 5.32 Å². The van der Waals surface area contributed by atoms with Crippen LogP contribution in [-0.2, 0) is 17.8 Å². The van der Waals surface area contributed by atoms with Crippen molar-refractivity contribution in [2.45, 2.75) is 39.1 Å². The Morgan fingerprint density at radius 3 is 2.44 bits per heavy atom. The van der Waals surface area contributed by atoms with Crippen LogP contribution in [0.4, 0.5) is 0 Å². The first kappa shape index (κ1) is 17.6. The molecule has 1 aromatic carbocycles. The number of ether oxygens (including phenoxy) is 1. The maximum atomic E-state index is 12.0. The number of hydrogen-bond acceptors (Lipinski definition) is 4. The molecule has 2 aromatic rings. The van der Waals surface area contributed by atoms with Crippen molar-refractivity contribution in [1.82, 2.24) is 15.2 Å². The van der Waals surface area contributed by atoms with Gasteiger partial charge in [-0.2, -0.15) is 0 Å². The van der Waals surface area contributed by atoms with Gasteiger partial charge < -0.3 is 10.1 Å². The number of aromatic nitrogens is 1. The third-order valence-electron chi connectivity index (χ3n) is 4.27. The first-order chi connectivity index (χ1) is 12.1. The summed E-state index contributed by atoms with van der Waals surface area (Å²) in [6.07, 6.45) is 2.19. The van der Waals surface area contributed by atoms with Gasteiger partial charge in [0.15, 0.2) is 0 Å². The summed E-state index contributed by atoms with van der Waals surface area (Å²) in [6.45, 7) is 7.60. The first-order valence-corrected chi connectivity index (χ1v) is 8.75. The van der Waals surface area contributed by atoms with Gasteiger partial charge in [-0.05, 0) is 37.1 Å². The van der Waals surface area contributed by atoms with E-state index in [4.69, 9.17) is 4.74 Å². The Morgan fingerprint density at radius 2 is 1.80 bits per heavy atom. The molecule has 0 saturated carbocycles. The largest absolute Gasteiger partial charge is 0.373 e. The minimum Gasteiger partial charge on any atom is -0.373 e. The van der Waals surface area contributed by atoms with E-state index in [1.807, 2.05) is 6.07 Å². The lowest BCUT2D eigenvalue weighted by Crippen LogP contribution is -2.44. The number of rotatable bonds is 5. The number of nitrogens with one attached hydrogen (secondary N) is 1. The molecule has 0 unspecified atom stereocenters. The fourth-order valence-electron chi connectivity index (χ4n) is 3.20. The van der Waals surface area contributed by atoms with Crippen LogP contribution in [0, 0.1) is 0 Å². The number of morpholine rings is 1. The number of hydrogen-bond donors (Lipinski definition) is 1. The molecule has 0 spiro atoms. The highest BCUT2D eigenvalue weighted by Gasteiger charge is 2.21. The van der Waals surface area contributed by atoms with Gasteiger partial charge in [-0.25, -0.2) is 0 Å². The molecular formula is C20H25N3O2. The number of amides is 1. The summed E-state index contributed by atoms with van der Waals surface area (Å²) in [7, 11) is 0. The van der Waals surface area contributed by atoms with Crippen molar-refractivity contribution in [2.24, 2.45) is 0 Å². The van der Waals surface area contributed by atoms with Crippen molar-refractivity contribution < 1.29 is 9.53 Å². The molecule has 25 heavy (non-hydrogen) atoms. The van der Waals surface area contributed by atoms with Crippen LogP contribution >= 0.6 is 0 Å². The summed E-state index contributed by atoms with van der Waals surface area (Å²) in [5, 5.41) is 2.90. The smallest absolute Gasteiger partial charge is 0.270 e. The van der Waals surface area contributed by atoms with Crippen LogP contribution in [0.3, 0.4) is 0 Å². The molecule has 0 bridgehead atoms. The lowest BCUT2D eigenvalue weighted by Gasteiger charge is -2.35. The maximum Gasteiger partial charge on any atom is 0.270 e. The predicted octanol–water partition coefficient (Wildman–Crippen LogP) is 2.62. The second-order valence-corrected chi connectivity index (χ2v) is 6.67. The number of pyridine rings is 1. The van der Waals surface area contributed by atoms with Crippen LogP contribution in [0.5, 0.6) is 0 Å². The summed E-state index contributed by atoms with van der Waals surface area (Å²) in [5.74, 6) is -0.152. The summed E-state index contributed by atoms with van der Waals surface area (Å²) < 4.78 is 5.78. The summed E-state index contributed by atoms with van der Waals surface area (Å²) in [4.78, 5) is 18.5. The zero-order valence-electron chi connectivity index (χ0n) is 14.8. The zero-order chi connectivity index (χ0) is 17.6. The van der Waals surface area contributed by atoms with Gasteiger partial charge >= 0.3 is 0 Å². The highest BCUT2D eigenvalue weighted by atomic mass is 16.5. The van der Waals surface area contributed by atoms with Gasteiger partial charge in [0, 0.05) is 32.4 Å². The molecule has 2 heterocycles. The Labute approximate surface area is 149 Å². The zero-order valence-corrected chi connectivity index (χ0v) is 14.8. The third-order valence-corrected chi connectivity index (χ3v) is 4.27. The first-order valence-electron chi connectivity index (χ1n) is 8.75. The maximum absolute atomic E-state index is 12.0. The lowest BCUT2D eigenvalue weighted by molar-refractivity contribution is -0.0704. The number of carbonyl (C=O) groups is 1. The molecule has 1 amide bonds. The average Bonchev–Trinajstić information content (AvgIpc) is 2.61. The van der Waals surface area contributed by atoms with E-state index < -0.39 is 0 Å². The monoisotopic (exact) mass is 339 g/mol. The molecule has 132 valence electrons. The van der Waals surface area contributed by atoms with Crippen LogP contribution in [0.15, 0.2) is 48.7 Å². The minimum atomic E-state index is -0.152. The van der Waals surface area contributed by atoms with E-state index in [-0.39, 0.29) is 18.1 Å². The normalized spacial score (nSPS) is 21.0. The molecule has 1 fully saturated rings. The molecule has 1 saturated heterocycles. The third kappa shape index (κ3) is 5.11. The molecule has 0 aliphatic carbocycles. The van der Waals surface area contributed by atoms with E-state index in [9.17, 15) is 4.79 Å². The second kappa shape index (κ2) is 8.23. The Bertz CT molecular complexity index is 678. The van der Waals surface area contributed by atoms with E-state index in [0.29, 0.717) is 12.2 Å². The van der Waals surface area contributed by atoms with Crippen LogP contribution in [0.25, 0.3) is 0 Å². The Hall–Kier alpha value is -2.24. The van der Waals surface area contributed by atoms with E-state index in [1.165, 1.54) is 5.56 Å². The van der Waals surface area contributed by atoms with Crippen LogP contribution in [0.2, 0.25) is 0 Å². The van der Waals surface area contributed by atoms with E-state index in [1.54, 1.807) is 18.3 Å². The fraction of sp³-hybridized carbons (Fsp3) is 0.400. The number of nitrogens with zero attached hydrogens (tertiary/aromatic N) is 2. The molecule has 5 nitrogen and oxygen atoms in total. The van der Waals surface area contributed by atoms with Crippen molar-refractivity contribution in [3.63, 3.8) is 0 Å². The molecule has 1 aromatic heterocycles. The molecule has 2 atom stereocenters. The molecule has 1 aliphatic rings. The van der Waals surface area contributed by atoms with Gasteiger partial charge in [-0.1, -0.05) is 30.3 Å². The summed E-state index contributed by atoms with van der Waals surface area (Å²) >= 11 is 0. The van der Waals surface area contributed by atoms with Crippen LogP contribution in [0.1, 0.15) is 35.5 Å². The van der Waals surface area contributed by atoms with Crippen molar-refractivity contribution in [3.8, 4) is 0 Å². The van der Waals surface area contributed by atoms with Crippen LogP contribution in [-0.4, -0.2) is 41.1 Å². The molecule has 3 rings (SSSR count). The Balaban J connectivity index is 1.51. The topological polar surface area (TPSA) is 54.5 Å². The summed E-state index contributed by atoms with van der Waals surface area (Å²) in [6, 6.07) is 13.7. The van der Waals surface area contributed by atoms with Crippen molar-refractivity contribution in [1.29, 1.82) is 0 Å². The highest BCUT2D eigenvalue weighted by Crippen LogP contribution is 2.14. The quantitative estimate of drug-likeness (QED) is 0.910. The molecule has 0 radical (unpaired) electrons. The predicted molar refractivity (Wildman–Crippen MR) is 97.1 cm³/mol. The standard InChI is InChI=1S/C20H25N3O2/c1-15-12-23(13-16(2)25-15)14-18-8-6-17(7-9-18)11-22-20(24)19-5-3-4-10-21-19/h3-10,15-16H,11-14H2,1-2H3,(H,22,24)/t15-,16-/m0/s1. The molecule has 1 aliphatic heterocycles. The van der Waals surface area contributed by atoms with Crippen molar-refractivity contribution >= 4 is 5.91 Å². The lowest BCUT2D eigenvalue weighted by atomic mass is 10.1. The van der Waals surface area contributed by atoms with Gasteiger partial charge in [-0.15, -0.1) is 0 Å². The molecule has 1 N–H and O–H groups in total. The van der Waals surface area contributed by atoms with E-state index >= 15 is 0 Å². The van der Waals surface area contributed by atoms with Gasteiger partial charge in [-0.3, -0.25) is 14.7 Å². The molecule has 5 heteroatoms. The average molecular weight is 339 g/mol. The van der Waals surface area contributed by atoms with E-state index in [2.05, 4.69) is 53.3 Å². The van der Waals surface area contributed by atoms with Gasteiger partial charge in [0.25, 0.3) is 5.91 Å². The Morgan fingerprint density at radius 1 is 1.12 bits per heavy atom. The fourth-order valence-corrected chi connectivity index (χ4v) is 3.20. The SMILES string of the molecule is C[C@H]1CN(Cc2ccc(CNC(=O)c3ccccn3)cc2)C[C@H](C)O1. The van der Waals surface area contributed by atoms with Crippen molar-refractivity contribution in [3.05, 3.63) is 65.5 Å². The second-order valence-electron chi connectivity index (χ2n) is 6.67. The minimum absolute atomic E-state index is 0.152. The van der Waals surface area contributed by atoms with Gasteiger partial charge in [0.1, 0.15) is 5.69 Å². The van der Waals surface area contributed by atoms with E-state index in [0.717, 1.165) is 25.2 Å². The van der Waals surface area contributed by atoms with Gasteiger partial charge in [0.2, 0.25) is 0 Å². The highest BCUT2D eigenvalue weighted by molar-refractivity contribution is 5.92. The summed E-state index contributed by atoms with van der Waals surface area (Å²) in [5.41, 5.74) is 2.80.